The highest BCUT2D eigenvalue weighted by Crippen LogP contribution is 2.32. The third-order valence-corrected chi connectivity index (χ3v) is 7.02. The van der Waals surface area contributed by atoms with E-state index >= 15 is 0 Å². The minimum Gasteiger partial charge on any atom is -0.444 e. The third kappa shape index (κ3) is 6.78. The van der Waals surface area contributed by atoms with E-state index in [1.54, 1.807) is 11.1 Å². The SMILES string of the molecule is CC(C)(C)OC(=O)N1CC=C(c2c[nH]c3ccc(Nc4ncc(Br)c(NCCc5ccccc5)n4)cc23)CC1. The Hall–Kier alpha value is -3.85. The number of hydrogen-bond donors (Lipinski definition) is 3. The van der Waals surface area contributed by atoms with Crippen LogP contribution in [-0.2, 0) is 11.2 Å². The van der Waals surface area contributed by atoms with E-state index in [1.807, 2.05) is 51.2 Å². The summed E-state index contributed by atoms with van der Waals surface area (Å²) in [4.78, 5) is 26.7. The van der Waals surface area contributed by atoms with Gasteiger partial charge in [0.1, 0.15) is 11.4 Å². The molecule has 4 aromatic rings. The van der Waals surface area contributed by atoms with E-state index in [2.05, 4.69) is 71.9 Å². The number of nitrogens with one attached hydrogen (secondary N) is 3. The first-order chi connectivity index (χ1) is 18.7. The van der Waals surface area contributed by atoms with Gasteiger partial charge in [-0.3, -0.25) is 0 Å². The van der Waals surface area contributed by atoms with Gasteiger partial charge in [0.15, 0.2) is 0 Å². The summed E-state index contributed by atoms with van der Waals surface area (Å²) < 4.78 is 6.34. The lowest BCUT2D eigenvalue weighted by Crippen LogP contribution is -2.39. The number of H-pyrrole nitrogens is 1. The Kier molecular flexibility index (Phi) is 7.88. The zero-order valence-corrected chi connectivity index (χ0v) is 24.0. The van der Waals surface area contributed by atoms with Crippen LogP contribution in [-0.4, -0.2) is 51.2 Å². The van der Waals surface area contributed by atoms with Crippen molar-refractivity contribution in [2.45, 2.75) is 39.2 Å². The number of ether oxygens (including phenoxy) is 1. The van der Waals surface area contributed by atoms with Gasteiger partial charge in [0.05, 0.1) is 4.47 Å². The zero-order chi connectivity index (χ0) is 27.4. The maximum atomic E-state index is 12.4. The van der Waals surface area contributed by atoms with Crippen LogP contribution in [0.4, 0.5) is 22.2 Å². The minimum atomic E-state index is -0.501. The number of amides is 1. The molecular weight excluding hydrogens is 556 g/mol. The molecule has 0 aliphatic carbocycles. The Balaban J connectivity index is 1.27. The minimum absolute atomic E-state index is 0.272. The van der Waals surface area contributed by atoms with E-state index in [1.165, 1.54) is 11.1 Å². The molecule has 1 aliphatic heterocycles. The molecule has 0 radical (unpaired) electrons. The van der Waals surface area contributed by atoms with Crippen molar-refractivity contribution in [3.63, 3.8) is 0 Å². The molecule has 3 heterocycles. The third-order valence-electron chi connectivity index (χ3n) is 6.44. The summed E-state index contributed by atoms with van der Waals surface area (Å²) in [6, 6.07) is 16.5. The first-order valence-electron chi connectivity index (χ1n) is 13.1. The van der Waals surface area contributed by atoms with Crippen LogP contribution < -0.4 is 10.6 Å². The molecule has 0 saturated carbocycles. The summed E-state index contributed by atoms with van der Waals surface area (Å²) >= 11 is 3.55. The topological polar surface area (TPSA) is 95.2 Å². The van der Waals surface area contributed by atoms with E-state index in [0.29, 0.717) is 19.0 Å². The molecule has 2 aromatic heterocycles. The predicted octanol–water partition coefficient (Wildman–Crippen LogP) is 7.14. The van der Waals surface area contributed by atoms with Crippen LogP contribution >= 0.6 is 15.9 Å². The lowest BCUT2D eigenvalue weighted by Gasteiger charge is -2.29. The lowest BCUT2D eigenvalue weighted by atomic mass is 9.99. The molecule has 3 N–H and O–H groups in total. The van der Waals surface area contributed by atoms with Gasteiger partial charge in [-0.1, -0.05) is 36.4 Å². The van der Waals surface area contributed by atoms with Gasteiger partial charge < -0.3 is 25.3 Å². The van der Waals surface area contributed by atoms with Crippen LogP contribution in [0.1, 0.15) is 38.3 Å². The number of carbonyl (C=O) groups excluding carboxylic acids is 1. The molecule has 0 bridgehead atoms. The molecule has 2 aromatic carbocycles. The van der Waals surface area contributed by atoms with E-state index in [-0.39, 0.29) is 6.09 Å². The van der Waals surface area contributed by atoms with Crippen LogP contribution in [0.2, 0.25) is 0 Å². The number of aromatic amines is 1. The van der Waals surface area contributed by atoms with Crippen LogP contribution in [0, 0.1) is 0 Å². The van der Waals surface area contributed by atoms with Crippen LogP contribution in [0.15, 0.2) is 71.5 Å². The number of anilines is 3. The summed E-state index contributed by atoms with van der Waals surface area (Å²) in [5.41, 5.74) is 5.06. The van der Waals surface area contributed by atoms with E-state index in [4.69, 9.17) is 4.74 Å². The summed E-state index contributed by atoms with van der Waals surface area (Å²) in [5, 5.41) is 7.86. The van der Waals surface area contributed by atoms with Gasteiger partial charge in [-0.25, -0.2) is 9.78 Å². The molecule has 39 heavy (non-hydrogen) atoms. The second kappa shape index (κ2) is 11.5. The number of halogens is 1. The smallest absolute Gasteiger partial charge is 0.410 e. The molecule has 9 heteroatoms. The average Bonchev–Trinajstić information content (AvgIpc) is 3.33. The van der Waals surface area contributed by atoms with Crippen molar-refractivity contribution in [1.82, 2.24) is 19.9 Å². The molecule has 0 saturated heterocycles. The summed E-state index contributed by atoms with van der Waals surface area (Å²) in [5.74, 6) is 1.26. The van der Waals surface area contributed by atoms with Crippen molar-refractivity contribution in [1.29, 1.82) is 0 Å². The number of rotatable bonds is 7. The highest BCUT2D eigenvalue weighted by molar-refractivity contribution is 9.10. The Morgan fingerprint density at radius 3 is 2.74 bits per heavy atom. The van der Waals surface area contributed by atoms with Gasteiger partial charge in [-0.05, 0) is 78.9 Å². The molecule has 202 valence electrons. The standard InChI is InChI=1S/C30H33BrN6O2/c1-30(2,3)39-29(38)37-15-12-21(13-16-37)24-18-33-26-10-9-22(17-23(24)26)35-28-34-19-25(31)27(36-28)32-14-11-20-7-5-4-6-8-20/h4-10,12,17-19,33H,11,13-16H2,1-3H3,(H2,32,34,35,36). The number of nitrogens with zero attached hydrogens (tertiary/aromatic N) is 3. The summed E-state index contributed by atoms with van der Waals surface area (Å²) in [6.07, 6.45) is 7.29. The number of carbonyl (C=O) groups is 1. The van der Waals surface area contributed by atoms with Crippen molar-refractivity contribution in [3.05, 3.63) is 82.6 Å². The van der Waals surface area contributed by atoms with E-state index < -0.39 is 5.60 Å². The van der Waals surface area contributed by atoms with Crippen molar-refractivity contribution in [2.75, 3.05) is 30.3 Å². The molecule has 0 spiro atoms. The fourth-order valence-electron chi connectivity index (χ4n) is 4.52. The summed E-state index contributed by atoms with van der Waals surface area (Å²) in [6.45, 7) is 7.57. The van der Waals surface area contributed by atoms with Gasteiger partial charge in [0, 0.05) is 54.2 Å². The number of fused-ring (bicyclic) bond motifs is 1. The Labute approximate surface area is 237 Å². The quantitative estimate of drug-likeness (QED) is 0.212. The Morgan fingerprint density at radius 2 is 2.00 bits per heavy atom. The van der Waals surface area contributed by atoms with E-state index in [0.717, 1.165) is 51.8 Å². The van der Waals surface area contributed by atoms with Gasteiger partial charge >= 0.3 is 6.09 Å². The van der Waals surface area contributed by atoms with Gasteiger partial charge in [-0.2, -0.15) is 4.98 Å². The maximum absolute atomic E-state index is 12.4. The van der Waals surface area contributed by atoms with Gasteiger partial charge in [-0.15, -0.1) is 0 Å². The van der Waals surface area contributed by atoms with Gasteiger partial charge in [0.25, 0.3) is 0 Å². The highest BCUT2D eigenvalue weighted by Gasteiger charge is 2.24. The normalized spacial score (nSPS) is 13.7. The maximum Gasteiger partial charge on any atom is 0.410 e. The Morgan fingerprint density at radius 1 is 1.18 bits per heavy atom. The highest BCUT2D eigenvalue weighted by atomic mass is 79.9. The predicted molar refractivity (Wildman–Crippen MR) is 160 cm³/mol. The molecule has 1 amide bonds. The Bertz CT molecular complexity index is 1490. The molecule has 8 nitrogen and oxygen atoms in total. The average molecular weight is 590 g/mol. The molecule has 0 atom stereocenters. The number of benzene rings is 2. The van der Waals surface area contributed by atoms with Crippen molar-refractivity contribution >= 4 is 56.0 Å². The largest absolute Gasteiger partial charge is 0.444 e. The number of hydrogen-bond acceptors (Lipinski definition) is 6. The van der Waals surface area contributed by atoms with Crippen molar-refractivity contribution < 1.29 is 9.53 Å². The van der Waals surface area contributed by atoms with Crippen molar-refractivity contribution in [2.24, 2.45) is 0 Å². The van der Waals surface area contributed by atoms with Gasteiger partial charge in [0.2, 0.25) is 5.95 Å². The summed E-state index contributed by atoms with van der Waals surface area (Å²) in [7, 11) is 0. The molecule has 5 rings (SSSR count). The molecule has 0 unspecified atom stereocenters. The first-order valence-corrected chi connectivity index (χ1v) is 13.9. The molecular formula is C30H33BrN6O2. The van der Waals surface area contributed by atoms with Crippen molar-refractivity contribution in [3.8, 4) is 0 Å². The van der Waals surface area contributed by atoms with E-state index in [9.17, 15) is 4.79 Å². The van der Waals surface area contributed by atoms with Crippen LogP contribution in [0.25, 0.3) is 16.5 Å². The number of aromatic nitrogens is 3. The molecule has 1 aliphatic rings. The van der Waals surface area contributed by atoms with Crippen LogP contribution in [0.5, 0.6) is 0 Å². The fourth-order valence-corrected chi connectivity index (χ4v) is 4.85. The molecule has 0 fully saturated rings. The second-order valence-electron chi connectivity index (χ2n) is 10.5. The van der Waals surface area contributed by atoms with Crippen LogP contribution in [0.3, 0.4) is 0 Å². The first kappa shape index (κ1) is 26.7. The lowest BCUT2D eigenvalue weighted by molar-refractivity contribution is 0.0270. The second-order valence-corrected chi connectivity index (χ2v) is 11.4. The monoisotopic (exact) mass is 588 g/mol. The zero-order valence-electron chi connectivity index (χ0n) is 22.4. The fraction of sp³-hybridized carbons (Fsp3) is 0.300.